The maximum Gasteiger partial charge on any atom is 0.410 e. The van der Waals surface area contributed by atoms with E-state index in [-0.39, 0.29) is 12.1 Å². The topological polar surface area (TPSA) is 62.3 Å². The number of amides is 1. The predicted molar refractivity (Wildman–Crippen MR) is 152 cm³/mol. The van der Waals surface area contributed by atoms with Crippen LogP contribution in [0.15, 0.2) is 54.1 Å². The van der Waals surface area contributed by atoms with Crippen LogP contribution >= 0.6 is 11.6 Å². The zero-order chi connectivity index (χ0) is 27.3. The molecule has 0 unspecified atom stereocenters. The molecule has 38 heavy (non-hydrogen) atoms. The largest absolute Gasteiger partial charge is 0.462 e. The van der Waals surface area contributed by atoms with Crippen molar-refractivity contribution in [3.05, 3.63) is 70.3 Å². The molecule has 0 spiro atoms. The van der Waals surface area contributed by atoms with Crippen LogP contribution in [0, 0.1) is 0 Å². The lowest BCUT2D eigenvalue weighted by Gasteiger charge is -2.39. The van der Waals surface area contributed by atoms with E-state index in [2.05, 4.69) is 21.9 Å². The Bertz CT molecular complexity index is 1150. The maximum atomic E-state index is 12.9. The molecule has 0 aliphatic carbocycles. The van der Waals surface area contributed by atoms with Crippen LogP contribution in [0.4, 0.5) is 10.5 Å². The number of benzene rings is 2. The number of ether oxygens (including phenoxy) is 2. The van der Waals surface area contributed by atoms with Crippen LogP contribution in [0.2, 0.25) is 5.02 Å². The van der Waals surface area contributed by atoms with E-state index in [0.29, 0.717) is 30.3 Å². The van der Waals surface area contributed by atoms with Crippen LogP contribution in [-0.4, -0.2) is 79.9 Å². The summed E-state index contributed by atoms with van der Waals surface area (Å²) in [5, 5.41) is 0.716. The zero-order valence-electron chi connectivity index (χ0n) is 22.8. The molecule has 2 aliphatic rings. The van der Waals surface area contributed by atoms with Crippen LogP contribution in [-0.2, 0) is 9.47 Å². The van der Waals surface area contributed by atoms with Crippen molar-refractivity contribution in [2.75, 3.05) is 57.3 Å². The summed E-state index contributed by atoms with van der Waals surface area (Å²) < 4.78 is 10.8. The van der Waals surface area contributed by atoms with Gasteiger partial charge in [0, 0.05) is 56.5 Å². The number of carbonyl (C=O) groups is 2. The Morgan fingerprint density at radius 2 is 1.58 bits per heavy atom. The Morgan fingerprint density at radius 3 is 2.18 bits per heavy atom. The van der Waals surface area contributed by atoms with Crippen molar-refractivity contribution in [3.63, 3.8) is 0 Å². The van der Waals surface area contributed by atoms with Crippen LogP contribution < -0.4 is 4.90 Å². The van der Waals surface area contributed by atoms with Crippen molar-refractivity contribution in [3.8, 4) is 0 Å². The first kappa shape index (κ1) is 28.0. The van der Waals surface area contributed by atoms with E-state index in [1.807, 2.05) is 69.0 Å². The highest BCUT2D eigenvalue weighted by Gasteiger charge is 2.29. The molecule has 8 heteroatoms. The fraction of sp³-hybridized carbons (Fsp3) is 0.467. The van der Waals surface area contributed by atoms with Crippen molar-refractivity contribution in [2.24, 2.45) is 0 Å². The third-order valence-corrected chi connectivity index (χ3v) is 7.07. The van der Waals surface area contributed by atoms with E-state index in [0.717, 1.165) is 50.4 Å². The zero-order valence-corrected chi connectivity index (χ0v) is 23.6. The summed E-state index contributed by atoms with van der Waals surface area (Å²) in [6, 6.07) is 15.6. The van der Waals surface area contributed by atoms with E-state index in [1.165, 1.54) is 11.1 Å². The number of carbonyl (C=O) groups excluding carboxylic acids is 2. The Morgan fingerprint density at radius 1 is 0.921 bits per heavy atom. The van der Waals surface area contributed by atoms with Crippen molar-refractivity contribution >= 4 is 34.9 Å². The molecular weight excluding hydrogens is 502 g/mol. The maximum absolute atomic E-state index is 12.9. The number of hydrogen-bond donors (Lipinski definition) is 0. The molecule has 204 valence electrons. The van der Waals surface area contributed by atoms with E-state index in [4.69, 9.17) is 21.1 Å². The number of nitrogens with zero attached hydrogens (tertiary/aromatic N) is 3. The Balaban J connectivity index is 1.44. The molecular formula is C30H38ClN3O4. The van der Waals surface area contributed by atoms with Gasteiger partial charge in [-0.1, -0.05) is 23.7 Å². The summed E-state index contributed by atoms with van der Waals surface area (Å²) in [7, 11) is 0. The van der Waals surface area contributed by atoms with Gasteiger partial charge >= 0.3 is 12.1 Å². The summed E-state index contributed by atoms with van der Waals surface area (Å²) in [6.45, 7) is 13.4. The summed E-state index contributed by atoms with van der Waals surface area (Å²) in [6.07, 6.45) is 0.518. The average Bonchev–Trinajstić information content (AvgIpc) is 2.89. The molecule has 2 heterocycles. The summed E-state index contributed by atoms with van der Waals surface area (Å²) >= 11 is 6.15. The smallest absolute Gasteiger partial charge is 0.410 e. The molecule has 0 N–H and O–H groups in total. The average molecular weight is 540 g/mol. The minimum Gasteiger partial charge on any atom is -0.462 e. The predicted octanol–water partition coefficient (Wildman–Crippen LogP) is 5.73. The minimum absolute atomic E-state index is 0.263. The van der Waals surface area contributed by atoms with Gasteiger partial charge in [0.25, 0.3) is 0 Å². The van der Waals surface area contributed by atoms with Gasteiger partial charge in [0.1, 0.15) is 5.60 Å². The molecule has 1 fully saturated rings. The highest BCUT2D eigenvalue weighted by atomic mass is 35.5. The van der Waals surface area contributed by atoms with Crippen molar-refractivity contribution in [1.82, 2.24) is 9.80 Å². The second-order valence-electron chi connectivity index (χ2n) is 10.8. The number of anilines is 1. The summed E-state index contributed by atoms with van der Waals surface area (Å²) in [4.78, 5) is 31.4. The molecule has 2 aromatic rings. The lowest BCUT2D eigenvalue weighted by Crippen LogP contribution is -2.48. The first-order valence-corrected chi connectivity index (χ1v) is 13.7. The number of piperazine rings is 1. The van der Waals surface area contributed by atoms with Crippen molar-refractivity contribution in [1.29, 1.82) is 0 Å². The van der Waals surface area contributed by atoms with Gasteiger partial charge in [0.2, 0.25) is 0 Å². The number of rotatable bonds is 6. The standard InChI is InChI=1S/C30H38ClN3O4/c1-5-37-28(35)23-8-12-26(13-9-23)33-18-16-32(17-19-33)20-24-21-34(29(36)38-30(2,3)4)15-14-27(24)22-6-10-25(31)11-7-22/h6-13H,5,14-21H2,1-4H3. The fourth-order valence-electron chi connectivity index (χ4n) is 4.91. The molecule has 1 saturated heterocycles. The molecule has 4 rings (SSSR count). The number of esters is 1. The van der Waals surface area contributed by atoms with Gasteiger partial charge in [-0.05, 0) is 87.2 Å². The van der Waals surface area contributed by atoms with Gasteiger partial charge in [-0.2, -0.15) is 0 Å². The van der Waals surface area contributed by atoms with Crippen LogP contribution in [0.5, 0.6) is 0 Å². The normalized spacial score (nSPS) is 17.0. The monoisotopic (exact) mass is 539 g/mol. The molecule has 2 aromatic carbocycles. The Labute approximate surface area is 230 Å². The van der Waals surface area contributed by atoms with Crippen molar-refractivity contribution in [2.45, 2.75) is 39.7 Å². The highest BCUT2D eigenvalue weighted by Crippen LogP contribution is 2.30. The van der Waals surface area contributed by atoms with E-state index in [1.54, 1.807) is 0 Å². The molecule has 7 nitrogen and oxygen atoms in total. The van der Waals surface area contributed by atoms with Gasteiger partial charge in [-0.3, -0.25) is 4.90 Å². The van der Waals surface area contributed by atoms with Gasteiger partial charge < -0.3 is 19.3 Å². The second-order valence-corrected chi connectivity index (χ2v) is 11.2. The van der Waals surface area contributed by atoms with E-state index >= 15 is 0 Å². The molecule has 0 aromatic heterocycles. The molecule has 1 amide bonds. The molecule has 0 radical (unpaired) electrons. The third kappa shape index (κ3) is 7.29. The first-order chi connectivity index (χ1) is 18.1. The number of halogens is 1. The Hall–Kier alpha value is -3.03. The minimum atomic E-state index is -0.526. The second kappa shape index (κ2) is 12.2. The summed E-state index contributed by atoms with van der Waals surface area (Å²) in [5.74, 6) is -0.290. The van der Waals surface area contributed by atoms with E-state index < -0.39 is 5.60 Å². The highest BCUT2D eigenvalue weighted by molar-refractivity contribution is 6.30. The molecule has 0 saturated carbocycles. The first-order valence-electron chi connectivity index (χ1n) is 13.3. The quantitative estimate of drug-likeness (QED) is 0.437. The van der Waals surface area contributed by atoms with Crippen LogP contribution in [0.1, 0.15) is 50.0 Å². The molecule has 0 atom stereocenters. The van der Waals surface area contributed by atoms with Gasteiger partial charge in [-0.15, -0.1) is 0 Å². The fourth-order valence-corrected chi connectivity index (χ4v) is 5.04. The van der Waals surface area contributed by atoms with Gasteiger partial charge in [-0.25, -0.2) is 9.59 Å². The van der Waals surface area contributed by atoms with Crippen molar-refractivity contribution < 1.29 is 19.1 Å². The Kier molecular flexibility index (Phi) is 9.00. The van der Waals surface area contributed by atoms with E-state index in [9.17, 15) is 9.59 Å². The van der Waals surface area contributed by atoms with Gasteiger partial charge in [0.05, 0.1) is 12.2 Å². The number of hydrogen-bond acceptors (Lipinski definition) is 6. The molecule has 0 bridgehead atoms. The van der Waals surface area contributed by atoms with Crippen LogP contribution in [0.3, 0.4) is 0 Å². The van der Waals surface area contributed by atoms with Gasteiger partial charge in [0.15, 0.2) is 0 Å². The summed E-state index contributed by atoms with van der Waals surface area (Å²) in [5.41, 5.74) is 4.85. The molecule has 2 aliphatic heterocycles. The SMILES string of the molecule is CCOC(=O)c1ccc(N2CCN(CC3=C(c4ccc(Cl)cc4)CCN(C(=O)OC(C)(C)C)C3)CC2)cc1. The lowest BCUT2D eigenvalue weighted by molar-refractivity contribution is 0.0261. The lowest BCUT2D eigenvalue weighted by atomic mass is 9.93. The van der Waals surface area contributed by atoms with Crippen LogP contribution in [0.25, 0.3) is 5.57 Å². The third-order valence-electron chi connectivity index (χ3n) is 6.81.